The Kier molecular flexibility index (Phi) is 3.42. The van der Waals surface area contributed by atoms with Crippen LogP contribution in [0.15, 0.2) is 4.52 Å². The third-order valence-electron chi connectivity index (χ3n) is 2.12. The van der Waals surface area contributed by atoms with Gasteiger partial charge in [0.25, 0.3) is 5.95 Å². The minimum absolute atomic E-state index is 0.163. The lowest BCUT2D eigenvalue weighted by Gasteiger charge is -2.17. The summed E-state index contributed by atoms with van der Waals surface area (Å²) in [7, 11) is 0. The number of anilines is 1. The maximum Gasteiger partial charge on any atom is 0.337 e. The van der Waals surface area contributed by atoms with Crippen molar-refractivity contribution in [2.75, 3.05) is 11.9 Å². The molecule has 0 saturated carbocycles. The first-order valence-electron chi connectivity index (χ1n) is 5.17. The molecule has 1 aromatic rings. The number of hydrogen-bond acceptors (Lipinski definition) is 6. The van der Waals surface area contributed by atoms with Gasteiger partial charge in [0.05, 0.1) is 6.54 Å². The molecule has 0 radical (unpaired) electrons. The van der Waals surface area contributed by atoms with E-state index < -0.39 is 11.6 Å². The molecule has 1 aromatic heterocycles. The maximum atomic E-state index is 10.7. The van der Waals surface area contributed by atoms with Gasteiger partial charge in [0, 0.05) is 5.41 Å². The highest BCUT2D eigenvalue weighted by atomic mass is 16.5. The number of nitrogens with zero attached hydrogens (tertiary/aromatic N) is 2. The van der Waals surface area contributed by atoms with Crippen LogP contribution in [0.4, 0.5) is 5.95 Å². The van der Waals surface area contributed by atoms with E-state index in [0.29, 0.717) is 5.89 Å². The van der Waals surface area contributed by atoms with Crippen molar-refractivity contribution in [3.63, 3.8) is 0 Å². The molecule has 0 saturated heterocycles. The first-order valence-corrected chi connectivity index (χ1v) is 5.17. The molecule has 1 rings (SSSR count). The van der Waals surface area contributed by atoms with Crippen LogP contribution in [0.25, 0.3) is 0 Å². The van der Waals surface area contributed by atoms with E-state index in [1.165, 1.54) is 6.92 Å². The molecule has 0 bridgehead atoms. The van der Waals surface area contributed by atoms with Gasteiger partial charge in [0.1, 0.15) is 0 Å². The Balaban J connectivity index is 2.66. The Bertz CT molecular complexity index is 406. The molecule has 0 aromatic carbocycles. The maximum absolute atomic E-state index is 10.7. The molecule has 96 valence electrons. The topological polar surface area (TPSA) is 108 Å². The highest BCUT2D eigenvalue weighted by Gasteiger charge is 2.30. The van der Waals surface area contributed by atoms with E-state index in [-0.39, 0.29) is 17.9 Å². The molecule has 0 aliphatic rings. The zero-order valence-electron chi connectivity index (χ0n) is 10.3. The summed E-state index contributed by atoms with van der Waals surface area (Å²) in [4.78, 5) is 14.7. The second-order valence-electron chi connectivity index (χ2n) is 5.11. The minimum atomic E-state index is -1.87. The van der Waals surface area contributed by atoms with Gasteiger partial charge in [-0.05, 0) is 12.1 Å². The summed E-state index contributed by atoms with van der Waals surface area (Å²) in [5.41, 5.74) is -2.15. The fourth-order valence-corrected chi connectivity index (χ4v) is 0.927. The van der Waals surface area contributed by atoms with E-state index in [0.717, 1.165) is 0 Å². The first kappa shape index (κ1) is 13.4. The number of aliphatic hydroxyl groups is 1. The van der Waals surface area contributed by atoms with Crippen molar-refractivity contribution in [3.8, 4) is 0 Å². The summed E-state index contributed by atoms with van der Waals surface area (Å²) in [6.07, 6.45) is 0. The Labute approximate surface area is 98.8 Å². The SMILES string of the molecule is CC(O)(CNc1noc(C(C)(C)C)n1)C(=O)O. The van der Waals surface area contributed by atoms with Crippen LogP contribution in [0.1, 0.15) is 33.6 Å². The number of carbonyl (C=O) groups is 1. The van der Waals surface area contributed by atoms with Gasteiger partial charge in [-0.3, -0.25) is 0 Å². The number of rotatable bonds is 4. The molecule has 17 heavy (non-hydrogen) atoms. The largest absolute Gasteiger partial charge is 0.479 e. The van der Waals surface area contributed by atoms with Crippen LogP contribution >= 0.6 is 0 Å². The summed E-state index contributed by atoms with van der Waals surface area (Å²) >= 11 is 0. The smallest absolute Gasteiger partial charge is 0.337 e. The zero-order valence-corrected chi connectivity index (χ0v) is 10.3. The van der Waals surface area contributed by atoms with Crippen molar-refractivity contribution < 1.29 is 19.5 Å². The number of carboxylic acids is 1. The molecule has 0 spiro atoms. The molecule has 0 aliphatic carbocycles. The Morgan fingerprint density at radius 3 is 2.41 bits per heavy atom. The molecule has 0 fully saturated rings. The van der Waals surface area contributed by atoms with Gasteiger partial charge in [-0.25, -0.2) is 4.79 Å². The normalized spacial score (nSPS) is 15.4. The van der Waals surface area contributed by atoms with Crippen molar-refractivity contribution in [1.82, 2.24) is 10.1 Å². The second kappa shape index (κ2) is 4.33. The number of carboxylic acid groups (broad SMARTS) is 1. The van der Waals surface area contributed by atoms with Crippen molar-refractivity contribution >= 4 is 11.9 Å². The van der Waals surface area contributed by atoms with Crippen LogP contribution < -0.4 is 5.32 Å². The van der Waals surface area contributed by atoms with Crippen LogP contribution in [-0.2, 0) is 10.2 Å². The number of nitrogens with one attached hydrogen (secondary N) is 1. The molecule has 1 atom stereocenters. The Morgan fingerprint density at radius 1 is 1.41 bits per heavy atom. The highest BCUT2D eigenvalue weighted by molar-refractivity contribution is 5.77. The predicted octanol–water partition coefficient (Wildman–Crippen LogP) is 0.615. The van der Waals surface area contributed by atoms with E-state index in [1.54, 1.807) is 0 Å². The third-order valence-corrected chi connectivity index (χ3v) is 2.12. The molecule has 1 unspecified atom stereocenters. The standard InChI is InChI=1S/C10H17N3O4/c1-9(2,3)6-12-8(13-17-6)11-5-10(4,16)7(14)15/h16H,5H2,1-4H3,(H,11,13)(H,14,15). The van der Waals surface area contributed by atoms with E-state index >= 15 is 0 Å². The van der Waals surface area contributed by atoms with Crippen molar-refractivity contribution in [2.45, 2.75) is 38.7 Å². The van der Waals surface area contributed by atoms with Crippen molar-refractivity contribution in [2.24, 2.45) is 0 Å². The average Bonchev–Trinajstić information content (AvgIpc) is 2.62. The zero-order chi connectivity index (χ0) is 13.3. The number of aliphatic carboxylic acids is 1. The van der Waals surface area contributed by atoms with Crippen LogP contribution in [0.3, 0.4) is 0 Å². The molecular formula is C10H17N3O4. The molecule has 0 amide bonds. The van der Waals surface area contributed by atoms with Crippen molar-refractivity contribution in [3.05, 3.63) is 5.89 Å². The average molecular weight is 243 g/mol. The molecule has 0 aliphatic heterocycles. The van der Waals surface area contributed by atoms with Gasteiger partial charge in [-0.2, -0.15) is 4.98 Å². The molecular weight excluding hydrogens is 226 g/mol. The van der Waals surface area contributed by atoms with Gasteiger partial charge in [0.15, 0.2) is 5.60 Å². The van der Waals surface area contributed by atoms with E-state index in [9.17, 15) is 9.90 Å². The fourth-order valence-electron chi connectivity index (χ4n) is 0.927. The molecule has 1 heterocycles. The predicted molar refractivity (Wildman–Crippen MR) is 59.7 cm³/mol. The van der Waals surface area contributed by atoms with E-state index in [2.05, 4.69) is 15.5 Å². The Hall–Kier alpha value is -1.63. The molecule has 7 nitrogen and oxygen atoms in total. The van der Waals surface area contributed by atoms with Gasteiger partial charge < -0.3 is 20.1 Å². The van der Waals surface area contributed by atoms with E-state index in [4.69, 9.17) is 9.63 Å². The highest BCUT2D eigenvalue weighted by Crippen LogP contribution is 2.21. The Morgan fingerprint density at radius 2 is 2.00 bits per heavy atom. The summed E-state index contributed by atoms with van der Waals surface area (Å²) in [6, 6.07) is 0. The van der Waals surface area contributed by atoms with Gasteiger partial charge in [-0.15, -0.1) is 0 Å². The second-order valence-corrected chi connectivity index (χ2v) is 5.11. The molecule has 3 N–H and O–H groups in total. The number of hydrogen-bond donors (Lipinski definition) is 3. The third kappa shape index (κ3) is 3.42. The van der Waals surface area contributed by atoms with Gasteiger partial charge >= 0.3 is 5.97 Å². The van der Waals surface area contributed by atoms with Gasteiger partial charge in [0.2, 0.25) is 5.89 Å². The minimum Gasteiger partial charge on any atom is -0.479 e. The fraction of sp³-hybridized carbons (Fsp3) is 0.700. The summed E-state index contributed by atoms with van der Waals surface area (Å²) in [5.74, 6) is -0.712. The monoisotopic (exact) mass is 243 g/mol. The number of aromatic nitrogens is 2. The molecule has 7 heteroatoms. The lowest BCUT2D eigenvalue weighted by molar-refractivity contribution is -0.155. The summed E-state index contributed by atoms with van der Waals surface area (Å²) in [5, 5.41) is 24.4. The van der Waals surface area contributed by atoms with Gasteiger partial charge in [-0.1, -0.05) is 20.8 Å². The van der Waals surface area contributed by atoms with Crippen LogP contribution in [0.5, 0.6) is 0 Å². The van der Waals surface area contributed by atoms with Crippen molar-refractivity contribution in [1.29, 1.82) is 0 Å². The lowest BCUT2D eigenvalue weighted by atomic mass is 9.97. The lowest BCUT2D eigenvalue weighted by Crippen LogP contribution is -2.42. The summed E-state index contributed by atoms with van der Waals surface area (Å²) < 4.78 is 5.00. The van der Waals surface area contributed by atoms with Crippen LogP contribution in [0.2, 0.25) is 0 Å². The van der Waals surface area contributed by atoms with E-state index in [1.807, 2.05) is 20.8 Å². The summed E-state index contributed by atoms with van der Waals surface area (Å²) in [6.45, 7) is 6.73. The van der Waals surface area contributed by atoms with Crippen LogP contribution in [0, 0.1) is 0 Å². The van der Waals surface area contributed by atoms with Crippen LogP contribution in [-0.4, -0.2) is 38.5 Å². The first-order chi connectivity index (χ1) is 7.63. The quantitative estimate of drug-likeness (QED) is 0.711.